The van der Waals surface area contributed by atoms with E-state index in [2.05, 4.69) is 18.8 Å². The highest BCUT2D eigenvalue weighted by atomic mass is 32.1. The molecule has 4 heteroatoms. The number of rotatable bonds is 4. The third-order valence-corrected chi connectivity index (χ3v) is 3.10. The van der Waals surface area contributed by atoms with Crippen molar-refractivity contribution in [2.75, 3.05) is 7.11 Å². The summed E-state index contributed by atoms with van der Waals surface area (Å²) in [5.74, 6) is 0.418. The number of hydrogen-bond donors (Lipinski definition) is 1. The maximum Gasteiger partial charge on any atom is 0.0958 e. The van der Waals surface area contributed by atoms with Gasteiger partial charge in [0, 0.05) is 13.0 Å². The Morgan fingerprint density at radius 1 is 1.54 bits per heavy atom. The van der Waals surface area contributed by atoms with Crippen molar-refractivity contribution in [3.8, 4) is 0 Å². The van der Waals surface area contributed by atoms with Crippen molar-refractivity contribution in [2.24, 2.45) is 0 Å². The Kier molecular flexibility index (Phi) is 3.84. The molecule has 0 aromatic carbocycles. The maximum atomic E-state index is 9.06. The lowest BCUT2D eigenvalue weighted by atomic mass is 10.2. The molecule has 13 heavy (non-hydrogen) atoms. The quantitative estimate of drug-likeness (QED) is 0.809. The van der Waals surface area contributed by atoms with Gasteiger partial charge in [0.1, 0.15) is 0 Å². The molecule has 3 nitrogen and oxygen atoms in total. The highest BCUT2D eigenvalue weighted by molar-refractivity contribution is 7.11. The molecule has 1 rings (SSSR count). The zero-order chi connectivity index (χ0) is 9.84. The Bertz CT molecular complexity index is 271. The number of aliphatic hydroxyl groups excluding tert-OH is 1. The van der Waals surface area contributed by atoms with E-state index in [0.29, 0.717) is 12.5 Å². The first-order valence-corrected chi connectivity index (χ1v) is 5.09. The van der Waals surface area contributed by atoms with Gasteiger partial charge in [-0.3, -0.25) is 0 Å². The van der Waals surface area contributed by atoms with Crippen LogP contribution >= 0.6 is 11.3 Å². The largest absolute Gasteiger partial charge is 0.391 e. The number of nitrogens with zero attached hydrogens (tertiary/aromatic N) is 1. The second-order valence-corrected chi connectivity index (χ2v) is 4.28. The summed E-state index contributed by atoms with van der Waals surface area (Å²) in [6, 6.07) is 0. The molecule has 1 aromatic heterocycles. The summed E-state index contributed by atoms with van der Waals surface area (Å²) < 4.78 is 5.00. The Hall–Kier alpha value is -0.450. The average molecular weight is 201 g/mol. The first kappa shape index (κ1) is 10.6. The molecule has 0 atom stereocenters. The molecule has 1 N–H and O–H groups in total. The van der Waals surface area contributed by atoms with Crippen molar-refractivity contribution >= 4 is 11.3 Å². The standard InChI is InChI=1S/C9H15NO2S/c1-6(2)9-10-7(5-12-3)8(4-11)13-9/h6,11H,4-5H2,1-3H3. The molecule has 0 radical (unpaired) electrons. The van der Waals surface area contributed by atoms with Gasteiger partial charge >= 0.3 is 0 Å². The highest BCUT2D eigenvalue weighted by Crippen LogP contribution is 2.25. The van der Waals surface area contributed by atoms with Gasteiger partial charge in [-0.25, -0.2) is 4.98 Å². The van der Waals surface area contributed by atoms with E-state index in [1.54, 1.807) is 18.4 Å². The summed E-state index contributed by atoms with van der Waals surface area (Å²) >= 11 is 1.57. The lowest BCUT2D eigenvalue weighted by Gasteiger charge is -1.96. The van der Waals surface area contributed by atoms with Crippen molar-refractivity contribution in [2.45, 2.75) is 33.0 Å². The van der Waals surface area contributed by atoms with Crippen LogP contribution in [0.15, 0.2) is 0 Å². The summed E-state index contributed by atoms with van der Waals surface area (Å²) in [6.45, 7) is 4.73. The molecule has 0 saturated heterocycles. The Morgan fingerprint density at radius 3 is 2.69 bits per heavy atom. The van der Waals surface area contributed by atoms with Crippen LogP contribution < -0.4 is 0 Å². The van der Waals surface area contributed by atoms with Gasteiger partial charge in [0.15, 0.2) is 0 Å². The van der Waals surface area contributed by atoms with Crippen LogP contribution in [-0.2, 0) is 18.0 Å². The molecular weight excluding hydrogens is 186 g/mol. The van der Waals surface area contributed by atoms with Crippen molar-refractivity contribution in [3.05, 3.63) is 15.6 Å². The minimum Gasteiger partial charge on any atom is -0.391 e. The van der Waals surface area contributed by atoms with Gasteiger partial charge in [-0.2, -0.15) is 0 Å². The summed E-state index contributed by atoms with van der Waals surface area (Å²) in [5, 5.41) is 10.1. The molecule has 0 aliphatic rings. The maximum absolute atomic E-state index is 9.06. The minimum atomic E-state index is 0.0586. The smallest absolute Gasteiger partial charge is 0.0958 e. The molecule has 1 heterocycles. The van der Waals surface area contributed by atoms with Crippen LogP contribution in [0.3, 0.4) is 0 Å². The lowest BCUT2D eigenvalue weighted by Crippen LogP contribution is -1.93. The summed E-state index contributed by atoms with van der Waals surface area (Å²) in [7, 11) is 1.63. The first-order valence-electron chi connectivity index (χ1n) is 4.27. The molecule has 0 fully saturated rings. The fourth-order valence-electron chi connectivity index (χ4n) is 1.02. The number of hydrogen-bond acceptors (Lipinski definition) is 4. The van der Waals surface area contributed by atoms with Crippen molar-refractivity contribution in [3.63, 3.8) is 0 Å². The number of ether oxygens (including phenoxy) is 1. The average Bonchev–Trinajstić information content (AvgIpc) is 2.48. The number of aliphatic hydroxyl groups is 1. The second kappa shape index (κ2) is 4.69. The summed E-state index contributed by atoms with van der Waals surface area (Å²) in [4.78, 5) is 5.33. The van der Waals surface area contributed by atoms with Gasteiger partial charge in [0.2, 0.25) is 0 Å². The van der Waals surface area contributed by atoms with Crippen LogP contribution in [0.4, 0.5) is 0 Å². The molecule has 0 unspecified atom stereocenters. The molecule has 74 valence electrons. The Balaban J connectivity index is 2.90. The number of aromatic nitrogens is 1. The highest BCUT2D eigenvalue weighted by Gasteiger charge is 2.11. The van der Waals surface area contributed by atoms with E-state index >= 15 is 0 Å². The first-order chi connectivity index (χ1) is 6.19. The lowest BCUT2D eigenvalue weighted by molar-refractivity contribution is 0.178. The van der Waals surface area contributed by atoms with E-state index in [9.17, 15) is 0 Å². The zero-order valence-electron chi connectivity index (χ0n) is 8.20. The van der Waals surface area contributed by atoms with Crippen LogP contribution in [-0.4, -0.2) is 17.2 Å². The van der Waals surface area contributed by atoms with E-state index in [-0.39, 0.29) is 6.61 Å². The third-order valence-electron chi connectivity index (χ3n) is 1.71. The molecule has 0 amide bonds. The fraction of sp³-hybridized carbons (Fsp3) is 0.667. The molecule has 0 spiro atoms. The predicted octanol–water partition coefficient (Wildman–Crippen LogP) is 1.91. The van der Waals surface area contributed by atoms with E-state index in [1.807, 2.05) is 0 Å². The van der Waals surface area contributed by atoms with Crippen LogP contribution in [0, 0.1) is 0 Å². The van der Waals surface area contributed by atoms with Gasteiger partial charge in [-0.1, -0.05) is 13.8 Å². The van der Waals surface area contributed by atoms with Crippen LogP contribution in [0.1, 0.15) is 35.3 Å². The summed E-state index contributed by atoms with van der Waals surface area (Å²) in [6.07, 6.45) is 0. The van der Waals surface area contributed by atoms with Crippen LogP contribution in [0.5, 0.6) is 0 Å². The number of thiazole rings is 1. The minimum absolute atomic E-state index is 0.0586. The zero-order valence-corrected chi connectivity index (χ0v) is 9.02. The normalized spacial score (nSPS) is 11.2. The van der Waals surface area contributed by atoms with E-state index in [1.165, 1.54) is 0 Å². The van der Waals surface area contributed by atoms with E-state index < -0.39 is 0 Å². The molecule has 0 aliphatic heterocycles. The molecule has 0 bridgehead atoms. The van der Waals surface area contributed by atoms with Crippen molar-refractivity contribution < 1.29 is 9.84 Å². The molecule has 0 saturated carbocycles. The van der Waals surface area contributed by atoms with Gasteiger partial charge in [0.05, 0.1) is 28.8 Å². The molecular formula is C9H15NO2S. The van der Waals surface area contributed by atoms with Gasteiger partial charge in [-0.15, -0.1) is 11.3 Å². The molecule has 0 aliphatic carbocycles. The van der Waals surface area contributed by atoms with Crippen LogP contribution in [0.2, 0.25) is 0 Å². The van der Waals surface area contributed by atoms with Crippen molar-refractivity contribution in [1.82, 2.24) is 4.98 Å². The SMILES string of the molecule is COCc1nc(C(C)C)sc1CO. The third kappa shape index (κ3) is 2.49. The van der Waals surface area contributed by atoms with E-state index in [4.69, 9.17) is 9.84 Å². The Labute approximate surface area is 82.4 Å². The van der Waals surface area contributed by atoms with Gasteiger partial charge in [0.25, 0.3) is 0 Å². The van der Waals surface area contributed by atoms with Crippen molar-refractivity contribution in [1.29, 1.82) is 0 Å². The fourth-order valence-corrected chi connectivity index (χ4v) is 1.95. The van der Waals surface area contributed by atoms with E-state index in [0.717, 1.165) is 15.6 Å². The van der Waals surface area contributed by atoms with Gasteiger partial charge in [-0.05, 0) is 0 Å². The predicted molar refractivity (Wildman–Crippen MR) is 52.8 cm³/mol. The number of methoxy groups -OCH3 is 1. The second-order valence-electron chi connectivity index (χ2n) is 3.17. The topological polar surface area (TPSA) is 42.4 Å². The van der Waals surface area contributed by atoms with Crippen LogP contribution in [0.25, 0.3) is 0 Å². The summed E-state index contributed by atoms with van der Waals surface area (Å²) in [5.41, 5.74) is 0.874. The Morgan fingerprint density at radius 2 is 2.23 bits per heavy atom. The monoisotopic (exact) mass is 201 g/mol. The van der Waals surface area contributed by atoms with Gasteiger partial charge < -0.3 is 9.84 Å². The molecule has 1 aromatic rings.